The van der Waals surface area contributed by atoms with E-state index in [1.54, 1.807) is 6.92 Å². The number of ether oxygens (including phenoxy) is 1. The van der Waals surface area contributed by atoms with E-state index in [0.717, 1.165) is 6.07 Å². The zero-order valence-corrected chi connectivity index (χ0v) is 9.82. The molecule has 2 nitrogen and oxygen atoms in total. The third kappa shape index (κ3) is 3.41. The van der Waals surface area contributed by atoms with Crippen molar-refractivity contribution in [1.29, 1.82) is 0 Å². The Bertz CT molecular complexity index is 475. The molecule has 0 radical (unpaired) electrons. The Morgan fingerprint density at radius 3 is 2.81 bits per heavy atom. The third-order valence-electron chi connectivity index (χ3n) is 1.57. The Hall–Kier alpha value is -1.24. The zero-order chi connectivity index (χ0) is 12.1. The van der Waals surface area contributed by atoms with Gasteiger partial charge >= 0.3 is 5.97 Å². The van der Waals surface area contributed by atoms with E-state index in [1.165, 1.54) is 6.07 Å². The van der Waals surface area contributed by atoms with Crippen LogP contribution >= 0.6 is 23.2 Å². The SMILES string of the molecule is CCOC(=O)C#Cc1cc(Cl)cc(F)c1Cl. The van der Waals surface area contributed by atoms with Crippen LogP contribution < -0.4 is 0 Å². The van der Waals surface area contributed by atoms with Gasteiger partial charge in [-0.25, -0.2) is 9.18 Å². The molecule has 16 heavy (non-hydrogen) atoms. The fourth-order valence-electron chi connectivity index (χ4n) is 0.932. The van der Waals surface area contributed by atoms with Gasteiger partial charge in [-0.15, -0.1) is 0 Å². The predicted octanol–water partition coefficient (Wildman–Crippen LogP) is 3.05. The number of rotatable bonds is 1. The molecule has 1 rings (SSSR count). The highest BCUT2D eigenvalue weighted by Crippen LogP contribution is 2.23. The molecule has 0 aliphatic carbocycles. The second kappa shape index (κ2) is 5.74. The summed E-state index contributed by atoms with van der Waals surface area (Å²) in [7, 11) is 0. The Morgan fingerprint density at radius 2 is 2.19 bits per heavy atom. The van der Waals surface area contributed by atoms with E-state index >= 15 is 0 Å². The van der Waals surface area contributed by atoms with Gasteiger partial charge in [0, 0.05) is 16.5 Å². The molecule has 84 valence electrons. The molecule has 0 atom stereocenters. The molecule has 0 N–H and O–H groups in total. The zero-order valence-electron chi connectivity index (χ0n) is 8.31. The summed E-state index contributed by atoms with van der Waals surface area (Å²) >= 11 is 11.3. The first kappa shape index (κ1) is 12.8. The number of halogens is 3. The molecule has 1 aromatic carbocycles. The van der Waals surface area contributed by atoms with Gasteiger partial charge in [0.15, 0.2) is 0 Å². The van der Waals surface area contributed by atoms with Crippen molar-refractivity contribution in [2.45, 2.75) is 6.92 Å². The smallest absolute Gasteiger partial charge is 0.384 e. The average molecular weight is 261 g/mol. The number of hydrogen-bond acceptors (Lipinski definition) is 2. The van der Waals surface area contributed by atoms with Crippen LogP contribution in [0.25, 0.3) is 0 Å². The molecular formula is C11H7Cl2FO2. The highest BCUT2D eigenvalue weighted by Gasteiger charge is 2.06. The molecule has 0 aliphatic rings. The van der Waals surface area contributed by atoms with Crippen LogP contribution in [-0.2, 0) is 9.53 Å². The highest BCUT2D eigenvalue weighted by molar-refractivity contribution is 6.34. The van der Waals surface area contributed by atoms with Crippen molar-refractivity contribution in [3.63, 3.8) is 0 Å². The van der Waals surface area contributed by atoms with Crippen molar-refractivity contribution in [1.82, 2.24) is 0 Å². The number of esters is 1. The summed E-state index contributed by atoms with van der Waals surface area (Å²) in [5, 5.41) is -0.00347. The van der Waals surface area contributed by atoms with E-state index in [9.17, 15) is 9.18 Å². The summed E-state index contributed by atoms with van der Waals surface area (Å²) in [6.07, 6.45) is 0. The van der Waals surface area contributed by atoms with Gasteiger partial charge in [-0.1, -0.05) is 29.1 Å². The summed E-state index contributed by atoms with van der Waals surface area (Å²) in [5.74, 6) is 3.20. The summed E-state index contributed by atoms with van der Waals surface area (Å²) in [6, 6.07) is 2.44. The van der Waals surface area contributed by atoms with Crippen LogP contribution in [0.2, 0.25) is 10.0 Å². The van der Waals surface area contributed by atoms with Crippen LogP contribution in [0, 0.1) is 17.7 Å². The summed E-state index contributed by atoms with van der Waals surface area (Å²) in [6.45, 7) is 1.89. The molecule has 5 heteroatoms. The molecule has 0 fully saturated rings. The largest absolute Gasteiger partial charge is 0.456 e. The standard InChI is InChI=1S/C11H7Cl2FO2/c1-2-16-10(15)4-3-7-5-8(12)6-9(14)11(7)13/h5-6H,2H2,1H3. The first-order chi connectivity index (χ1) is 7.54. The minimum atomic E-state index is -0.695. The van der Waals surface area contributed by atoms with E-state index in [1.807, 2.05) is 0 Å². The molecular weight excluding hydrogens is 254 g/mol. The number of benzene rings is 1. The molecule has 0 amide bonds. The maximum Gasteiger partial charge on any atom is 0.384 e. The van der Waals surface area contributed by atoms with Crippen LogP contribution in [0.15, 0.2) is 12.1 Å². The second-order valence-corrected chi connectivity index (χ2v) is 3.53. The number of hydrogen-bond donors (Lipinski definition) is 0. The Morgan fingerprint density at radius 1 is 1.50 bits per heavy atom. The first-order valence-electron chi connectivity index (χ1n) is 4.38. The minimum absolute atomic E-state index is 0.153. The van der Waals surface area contributed by atoms with Gasteiger partial charge in [-0.3, -0.25) is 0 Å². The van der Waals surface area contributed by atoms with E-state index in [2.05, 4.69) is 16.6 Å². The first-order valence-corrected chi connectivity index (χ1v) is 5.13. The van der Waals surface area contributed by atoms with Crippen molar-refractivity contribution >= 4 is 29.2 Å². The second-order valence-electron chi connectivity index (χ2n) is 2.72. The Balaban J connectivity index is 3.01. The van der Waals surface area contributed by atoms with Crippen molar-refractivity contribution in [3.05, 3.63) is 33.6 Å². The van der Waals surface area contributed by atoms with Crippen molar-refractivity contribution in [3.8, 4) is 11.8 Å². The molecule has 0 saturated carbocycles. The maximum atomic E-state index is 13.1. The van der Waals surface area contributed by atoms with E-state index in [-0.39, 0.29) is 22.2 Å². The number of carbonyl (C=O) groups excluding carboxylic acids is 1. The van der Waals surface area contributed by atoms with Crippen LogP contribution in [0.5, 0.6) is 0 Å². The van der Waals surface area contributed by atoms with Gasteiger partial charge in [0.25, 0.3) is 0 Å². The van der Waals surface area contributed by atoms with E-state index in [0.29, 0.717) is 0 Å². The van der Waals surface area contributed by atoms with Gasteiger partial charge in [0.05, 0.1) is 11.6 Å². The minimum Gasteiger partial charge on any atom is -0.456 e. The lowest BCUT2D eigenvalue weighted by Crippen LogP contribution is -1.99. The number of carbonyl (C=O) groups is 1. The van der Waals surface area contributed by atoms with Crippen molar-refractivity contribution in [2.24, 2.45) is 0 Å². The molecule has 0 aromatic heterocycles. The molecule has 0 spiro atoms. The molecule has 0 saturated heterocycles. The van der Waals surface area contributed by atoms with Gasteiger partial charge in [0.1, 0.15) is 5.82 Å². The fourth-order valence-corrected chi connectivity index (χ4v) is 1.29. The summed E-state index contributed by atoms with van der Waals surface area (Å²) < 4.78 is 17.7. The average Bonchev–Trinajstić information content (AvgIpc) is 2.21. The van der Waals surface area contributed by atoms with Crippen molar-refractivity contribution < 1.29 is 13.9 Å². The van der Waals surface area contributed by atoms with Crippen LogP contribution in [-0.4, -0.2) is 12.6 Å². The topological polar surface area (TPSA) is 26.3 Å². The fraction of sp³-hybridized carbons (Fsp3) is 0.182. The van der Waals surface area contributed by atoms with Gasteiger partial charge in [0.2, 0.25) is 0 Å². The quantitative estimate of drug-likeness (QED) is 0.441. The Labute approximate surface area is 102 Å². The molecule has 0 aliphatic heterocycles. The maximum absolute atomic E-state index is 13.1. The third-order valence-corrected chi connectivity index (χ3v) is 2.17. The van der Waals surface area contributed by atoms with Gasteiger partial charge in [-0.05, 0) is 19.1 Å². The monoisotopic (exact) mass is 260 g/mol. The van der Waals surface area contributed by atoms with Gasteiger partial charge < -0.3 is 4.74 Å². The molecule has 0 bridgehead atoms. The molecule has 0 heterocycles. The van der Waals surface area contributed by atoms with Crippen molar-refractivity contribution in [2.75, 3.05) is 6.61 Å². The normalized spacial score (nSPS) is 9.25. The van der Waals surface area contributed by atoms with Crippen LogP contribution in [0.4, 0.5) is 4.39 Å². The Kier molecular flexibility index (Phi) is 4.60. The van der Waals surface area contributed by atoms with Crippen LogP contribution in [0.3, 0.4) is 0 Å². The van der Waals surface area contributed by atoms with E-state index in [4.69, 9.17) is 23.2 Å². The lowest BCUT2D eigenvalue weighted by Gasteiger charge is -1.98. The predicted molar refractivity (Wildman–Crippen MR) is 59.9 cm³/mol. The lowest BCUT2D eigenvalue weighted by molar-refractivity contribution is -0.136. The molecule has 1 aromatic rings. The van der Waals surface area contributed by atoms with Gasteiger partial charge in [-0.2, -0.15) is 0 Å². The summed E-state index contributed by atoms with van der Waals surface area (Å²) in [5.41, 5.74) is 0.153. The van der Waals surface area contributed by atoms with Crippen LogP contribution in [0.1, 0.15) is 12.5 Å². The highest BCUT2D eigenvalue weighted by atomic mass is 35.5. The molecule has 0 unspecified atom stereocenters. The van der Waals surface area contributed by atoms with E-state index < -0.39 is 11.8 Å². The lowest BCUT2D eigenvalue weighted by atomic mass is 10.2. The summed E-state index contributed by atoms with van der Waals surface area (Å²) in [4.78, 5) is 10.9.